The first-order valence-electron chi connectivity index (χ1n) is 4.22. The minimum absolute atomic E-state index is 0.192. The van der Waals surface area contributed by atoms with E-state index in [2.05, 4.69) is 0 Å². The lowest BCUT2D eigenvalue weighted by Gasteiger charge is -2.03. The van der Waals surface area contributed by atoms with Crippen LogP contribution in [0.4, 0.5) is 5.69 Å². The summed E-state index contributed by atoms with van der Waals surface area (Å²) in [5, 5.41) is 0. The number of ether oxygens (including phenoxy) is 1. The lowest BCUT2D eigenvalue weighted by atomic mass is 10.2. The fraction of sp³-hybridized carbons (Fsp3) is 0.300. The number of anilines is 1. The molecule has 2 N–H and O–H groups in total. The van der Waals surface area contributed by atoms with Crippen LogP contribution in [0.15, 0.2) is 24.3 Å². The number of esters is 1. The van der Waals surface area contributed by atoms with Gasteiger partial charge in [-0.25, -0.2) is 0 Å². The fourth-order valence-electron chi connectivity index (χ4n) is 0.949. The van der Waals surface area contributed by atoms with Gasteiger partial charge in [-0.3, -0.25) is 4.79 Å². The van der Waals surface area contributed by atoms with Gasteiger partial charge in [0.1, 0.15) is 6.61 Å². The van der Waals surface area contributed by atoms with Crippen LogP contribution in [0.1, 0.15) is 18.9 Å². The first kappa shape index (κ1) is 9.58. The second kappa shape index (κ2) is 4.50. The van der Waals surface area contributed by atoms with Crippen molar-refractivity contribution in [2.45, 2.75) is 20.0 Å². The van der Waals surface area contributed by atoms with E-state index in [4.69, 9.17) is 10.5 Å². The molecular formula is C10H13NO2. The van der Waals surface area contributed by atoms with Crippen LogP contribution >= 0.6 is 0 Å². The molecule has 0 saturated carbocycles. The number of carbonyl (C=O) groups is 1. The fourth-order valence-corrected chi connectivity index (χ4v) is 0.949. The Hall–Kier alpha value is -1.51. The standard InChI is InChI=1S/C10H13NO2/c1-2-10(12)13-7-8-4-3-5-9(11)6-8/h3-6H,2,7,11H2,1H3. The molecule has 0 saturated heterocycles. The predicted octanol–water partition coefficient (Wildman–Crippen LogP) is 1.72. The molecule has 0 heterocycles. The van der Waals surface area contributed by atoms with Crippen molar-refractivity contribution in [3.63, 3.8) is 0 Å². The zero-order chi connectivity index (χ0) is 9.68. The maximum Gasteiger partial charge on any atom is 0.305 e. The van der Waals surface area contributed by atoms with Crippen LogP contribution < -0.4 is 5.73 Å². The molecule has 70 valence electrons. The summed E-state index contributed by atoms with van der Waals surface area (Å²) in [5.74, 6) is -0.192. The zero-order valence-corrected chi connectivity index (χ0v) is 7.62. The Balaban J connectivity index is 2.50. The average molecular weight is 179 g/mol. The van der Waals surface area contributed by atoms with Gasteiger partial charge in [0, 0.05) is 12.1 Å². The van der Waals surface area contributed by atoms with Gasteiger partial charge in [-0.05, 0) is 17.7 Å². The van der Waals surface area contributed by atoms with Crippen molar-refractivity contribution < 1.29 is 9.53 Å². The summed E-state index contributed by atoms with van der Waals surface area (Å²) in [4.78, 5) is 10.8. The molecule has 0 amide bonds. The lowest BCUT2D eigenvalue weighted by molar-refractivity contribution is -0.144. The number of benzene rings is 1. The Bertz CT molecular complexity index is 297. The van der Waals surface area contributed by atoms with Crippen LogP contribution in [0.5, 0.6) is 0 Å². The summed E-state index contributed by atoms with van der Waals surface area (Å²) < 4.78 is 4.94. The average Bonchev–Trinajstić information content (AvgIpc) is 2.14. The Kier molecular flexibility index (Phi) is 3.31. The predicted molar refractivity (Wildman–Crippen MR) is 50.9 cm³/mol. The third-order valence-corrected chi connectivity index (χ3v) is 1.64. The van der Waals surface area contributed by atoms with Gasteiger partial charge in [0.25, 0.3) is 0 Å². The molecule has 1 aromatic rings. The molecule has 0 atom stereocenters. The largest absolute Gasteiger partial charge is 0.461 e. The van der Waals surface area contributed by atoms with Gasteiger partial charge in [0.05, 0.1) is 0 Å². The van der Waals surface area contributed by atoms with Gasteiger partial charge in [0.2, 0.25) is 0 Å². The van der Waals surface area contributed by atoms with Gasteiger partial charge in [-0.1, -0.05) is 19.1 Å². The van der Waals surface area contributed by atoms with E-state index in [1.54, 1.807) is 19.1 Å². The molecule has 0 radical (unpaired) electrons. The number of rotatable bonds is 3. The molecule has 0 unspecified atom stereocenters. The van der Waals surface area contributed by atoms with Crippen LogP contribution in [-0.2, 0) is 16.1 Å². The molecule has 0 aliphatic heterocycles. The minimum atomic E-state index is -0.192. The van der Waals surface area contributed by atoms with Crippen molar-refractivity contribution in [1.82, 2.24) is 0 Å². The van der Waals surface area contributed by atoms with Crippen LogP contribution in [0.25, 0.3) is 0 Å². The van der Waals surface area contributed by atoms with E-state index in [0.717, 1.165) is 5.56 Å². The van der Waals surface area contributed by atoms with E-state index < -0.39 is 0 Å². The van der Waals surface area contributed by atoms with Crippen molar-refractivity contribution in [3.05, 3.63) is 29.8 Å². The number of hydrogen-bond donors (Lipinski definition) is 1. The number of hydrogen-bond acceptors (Lipinski definition) is 3. The minimum Gasteiger partial charge on any atom is -0.461 e. The van der Waals surface area contributed by atoms with Crippen LogP contribution in [0.2, 0.25) is 0 Å². The van der Waals surface area contributed by atoms with Gasteiger partial charge in [0.15, 0.2) is 0 Å². The van der Waals surface area contributed by atoms with Crippen molar-refractivity contribution in [1.29, 1.82) is 0 Å². The molecule has 3 heteroatoms. The second-order valence-electron chi connectivity index (χ2n) is 2.76. The molecule has 1 rings (SSSR count). The van der Waals surface area contributed by atoms with Crippen LogP contribution in [-0.4, -0.2) is 5.97 Å². The van der Waals surface area contributed by atoms with E-state index in [0.29, 0.717) is 18.7 Å². The maximum absolute atomic E-state index is 10.8. The molecule has 0 bridgehead atoms. The van der Waals surface area contributed by atoms with E-state index in [1.165, 1.54) is 0 Å². The highest BCUT2D eigenvalue weighted by Crippen LogP contribution is 2.07. The summed E-state index contributed by atoms with van der Waals surface area (Å²) in [6, 6.07) is 7.30. The number of carbonyl (C=O) groups excluding carboxylic acids is 1. The van der Waals surface area contributed by atoms with Gasteiger partial charge >= 0.3 is 5.97 Å². The molecule has 1 aromatic carbocycles. The quantitative estimate of drug-likeness (QED) is 0.567. The molecule has 13 heavy (non-hydrogen) atoms. The number of nitrogens with two attached hydrogens (primary N) is 1. The molecule has 0 aliphatic rings. The SMILES string of the molecule is CCC(=O)OCc1cccc(N)c1. The lowest BCUT2D eigenvalue weighted by Crippen LogP contribution is -2.02. The molecule has 0 fully saturated rings. The molecule has 3 nitrogen and oxygen atoms in total. The maximum atomic E-state index is 10.8. The van der Waals surface area contributed by atoms with Gasteiger partial charge < -0.3 is 10.5 Å². The monoisotopic (exact) mass is 179 g/mol. The second-order valence-corrected chi connectivity index (χ2v) is 2.76. The Labute approximate surface area is 77.5 Å². The topological polar surface area (TPSA) is 52.3 Å². The third kappa shape index (κ3) is 3.15. The van der Waals surface area contributed by atoms with E-state index in [1.807, 2.05) is 12.1 Å². The van der Waals surface area contributed by atoms with E-state index in [-0.39, 0.29) is 5.97 Å². The van der Waals surface area contributed by atoms with Crippen molar-refractivity contribution in [2.24, 2.45) is 0 Å². The summed E-state index contributed by atoms with van der Waals surface area (Å²) in [7, 11) is 0. The summed E-state index contributed by atoms with van der Waals surface area (Å²) in [6.07, 6.45) is 0.405. The van der Waals surface area contributed by atoms with Crippen molar-refractivity contribution in [3.8, 4) is 0 Å². The van der Waals surface area contributed by atoms with Crippen LogP contribution in [0.3, 0.4) is 0 Å². The summed E-state index contributed by atoms with van der Waals surface area (Å²) >= 11 is 0. The first-order valence-corrected chi connectivity index (χ1v) is 4.22. The first-order chi connectivity index (χ1) is 6.22. The normalized spacial score (nSPS) is 9.62. The zero-order valence-electron chi connectivity index (χ0n) is 7.62. The molecule has 0 aliphatic carbocycles. The Morgan fingerprint density at radius 3 is 2.92 bits per heavy atom. The highest BCUT2D eigenvalue weighted by molar-refractivity contribution is 5.68. The summed E-state index contributed by atoms with van der Waals surface area (Å²) in [6.45, 7) is 2.07. The van der Waals surface area contributed by atoms with E-state index >= 15 is 0 Å². The molecule has 0 aromatic heterocycles. The summed E-state index contributed by atoms with van der Waals surface area (Å²) in [5.41, 5.74) is 7.16. The van der Waals surface area contributed by atoms with Crippen LogP contribution in [0, 0.1) is 0 Å². The smallest absolute Gasteiger partial charge is 0.305 e. The van der Waals surface area contributed by atoms with Crippen molar-refractivity contribution in [2.75, 3.05) is 5.73 Å². The number of nitrogen functional groups attached to an aromatic ring is 1. The Morgan fingerprint density at radius 1 is 1.54 bits per heavy atom. The van der Waals surface area contributed by atoms with Crippen molar-refractivity contribution >= 4 is 11.7 Å². The third-order valence-electron chi connectivity index (χ3n) is 1.64. The molecule has 0 spiro atoms. The van der Waals surface area contributed by atoms with E-state index in [9.17, 15) is 4.79 Å². The highest BCUT2D eigenvalue weighted by Gasteiger charge is 1.99. The van der Waals surface area contributed by atoms with Gasteiger partial charge in [-0.2, -0.15) is 0 Å². The Morgan fingerprint density at radius 2 is 2.31 bits per heavy atom. The highest BCUT2D eigenvalue weighted by atomic mass is 16.5. The van der Waals surface area contributed by atoms with Gasteiger partial charge in [-0.15, -0.1) is 0 Å². The molecular weight excluding hydrogens is 166 g/mol.